The van der Waals surface area contributed by atoms with Crippen LogP contribution in [-0.4, -0.2) is 24.6 Å². The zero-order chi connectivity index (χ0) is 16.0. The minimum Gasteiger partial charge on any atom is -0.497 e. The topological polar surface area (TPSA) is 64.4 Å². The molecule has 21 heavy (non-hydrogen) atoms. The van der Waals surface area contributed by atoms with E-state index < -0.39 is 0 Å². The van der Waals surface area contributed by atoms with E-state index in [1.165, 1.54) is 6.07 Å². The first kappa shape index (κ1) is 17.4. The average molecular weight is 294 g/mol. The fourth-order valence-electron chi connectivity index (χ4n) is 2.25. The van der Waals surface area contributed by atoms with Gasteiger partial charge < -0.3 is 10.1 Å². The van der Waals surface area contributed by atoms with Crippen molar-refractivity contribution < 1.29 is 9.66 Å². The molecule has 1 rings (SSSR count). The van der Waals surface area contributed by atoms with Crippen molar-refractivity contribution in [3.05, 3.63) is 33.9 Å². The van der Waals surface area contributed by atoms with Gasteiger partial charge in [0, 0.05) is 17.7 Å². The first-order valence-corrected chi connectivity index (χ1v) is 7.34. The number of hydrogen-bond acceptors (Lipinski definition) is 4. The van der Waals surface area contributed by atoms with Crippen LogP contribution < -0.4 is 10.1 Å². The summed E-state index contributed by atoms with van der Waals surface area (Å²) in [5.74, 6) is 0.652. The Kier molecular flexibility index (Phi) is 6.15. The van der Waals surface area contributed by atoms with Crippen LogP contribution >= 0.6 is 0 Å². The van der Waals surface area contributed by atoms with Crippen molar-refractivity contribution in [1.82, 2.24) is 5.32 Å². The number of nitrogens with zero attached hydrogens (tertiary/aromatic N) is 1. The van der Waals surface area contributed by atoms with E-state index in [1.807, 2.05) is 0 Å². The predicted molar refractivity (Wildman–Crippen MR) is 84.9 cm³/mol. The molecule has 0 amide bonds. The third kappa shape index (κ3) is 5.01. The van der Waals surface area contributed by atoms with Crippen LogP contribution in [0.1, 0.15) is 39.7 Å². The lowest BCUT2D eigenvalue weighted by atomic mass is 9.82. The number of rotatable bonds is 7. The quantitative estimate of drug-likeness (QED) is 0.617. The van der Waals surface area contributed by atoms with Gasteiger partial charge >= 0.3 is 0 Å². The zero-order valence-electron chi connectivity index (χ0n) is 13.6. The van der Waals surface area contributed by atoms with Gasteiger partial charge in [0.05, 0.1) is 12.0 Å². The lowest BCUT2D eigenvalue weighted by Gasteiger charge is -2.32. The normalized spacial score (nSPS) is 13.0. The zero-order valence-corrected chi connectivity index (χ0v) is 13.6. The summed E-state index contributed by atoms with van der Waals surface area (Å²) in [7, 11) is 1.57. The van der Waals surface area contributed by atoms with E-state index in [2.05, 4.69) is 33.0 Å². The molecule has 1 aromatic carbocycles. The maximum Gasteiger partial charge on any atom is 0.272 e. The molecule has 0 bridgehead atoms. The van der Waals surface area contributed by atoms with Crippen molar-refractivity contribution >= 4 is 5.69 Å². The van der Waals surface area contributed by atoms with Crippen LogP contribution in [0.25, 0.3) is 0 Å². The molecule has 0 saturated carbocycles. The fraction of sp³-hybridized carbons (Fsp3) is 0.625. The van der Waals surface area contributed by atoms with Gasteiger partial charge in [-0.15, -0.1) is 0 Å². The lowest BCUT2D eigenvalue weighted by molar-refractivity contribution is -0.385. The van der Waals surface area contributed by atoms with Crippen LogP contribution in [0.15, 0.2) is 18.2 Å². The van der Waals surface area contributed by atoms with Crippen molar-refractivity contribution in [2.45, 2.75) is 46.6 Å². The first-order chi connectivity index (χ1) is 9.79. The second kappa shape index (κ2) is 7.41. The highest BCUT2D eigenvalue weighted by atomic mass is 16.6. The highest BCUT2D eigenvalue weighted by molar-refractivity contribution is 5.45. The predicted octanol–water partition coefficient (Wildman–Crippen LogP) is 3.56. The molecule has 0 aliphatic rings. The number of methoxy groups -OCH3 is 1. The summed E-state index contributed by atoms with van der Waals surface area (Å²) in [6.07, 6.45) is 1.64. The second-order valence-electron chi connectivity index (χ2n) is 6.33. The van der Waals surface area contributed by atoms with Crippen molar-refractivity contribution in [2.75, 3.05) is 13.7 Å². The maximum atomic E-state index is 11.2. The number of nitrogens with one attached hydrogen (secondary N) is 1. The molecule has 0 heterocycles. The van der Waals surface area contributed by atoms with E-state index in [9.17, 15) is 10.1 Å². The molecule has 1 unspecified atom stereocenters. The van der Waals surface area contributed by atoms with Crippen LogP contribution in [-0.2, 0) is 6.42 Å². The number of ether oxygens (including phenoxy) is 1. The summed E-state index contributed by atoms with van der Waals surface area (Å²) >= 11 is 0. The Morgan fingerprint density at radius 3 is 2.52 bits per heavy atom. The molecule has 0 spiro atoms. The molecule has 1 aromatic rings. The van der Waals surface area contributed by atoms with Gasteiger partial charge in [0.1, 0.15) is 5.75 Å². The second-order valence-corrected chi connectivity index (χ2v) is 6.33. The minimum absolute atomic E-state index is 0.0200. The summed E-state index contributed by atoms with van der Waals surface area (Å²) in [5, 5.41) is 14.7. The van der Waals surface area contributed by atoms with Crippen molar-refractivity contribution in [3.8, 4) is 5.75 Å². The summed E-state index contributed by atoms with van der Waals surface area (Å²) in [5.41, 5.74) is 0.887. The van der Waals surface area contributed by atoms with Crippen LogP contribution in [0.4, 0.5) is 5.69 Å². The standard InChI is InChI=1S/C16H26N2O3/c1-6-9-17-15(16(2,3)4)11-12-10-13(21-5)7-8-14(12)18(19)20/h7-8,10,15,17H,6,9,11H2,1-5H3. The van der Waals surface area contributed by atoms with Crippen molar-refractivity contribution in [3.63, 3.8) is 0 Å². The molecular weight excluding hydrogens is 268 g/mol. The Bertz CT molecular complexity index is 481. The number of nitro groups is 1. The van der Waals surface area contributed by atoms with E-state index in [0.717, 1.165) is 13.0 Å². The Labute approximate surface area is 126 Å². The maximum absolute atomic E-state index is 11.2. The molecule has 5 heteroatoms. The average Bonchev–Trinajstić information content (AvgIpc) is 2.41. The molecule has 118 valence electrons. The van der Waals surface area contributed by atoms with Crippen LogP contribution in [0.2, 0.25) is 0 Å². The number of hydrogen-bond donors (Lipinski definition) is 1. The number of benzene rings is 1. The highest BCUT2D eigenvalue weighted by Gasteiger charge is 2.27. The number of nitro benzene ring substituents is 1. The summed E-state index contributed by atoms with van der Waals surface area (Å²) in [4.78, 5) is 10.9. The van der Waals surface area contributed by atoms with E-state index in [0.29, 0.717) is 17.7 Å². The fourth-order valence-corrected chi connectivity index (χ4v) is 2.25. The molecule has 0 fully saturated rings. The molecule has 0 aliphatic carbocycles. The van der Waals surface area contributed by atoms with Gasteiger partial charge in [0.2, 0.25) is 0 Å². The van der Waals surface area contributed by atoms with E-state index in [1.54, 1.807) is 19.2 Å². The van der Waals surface area contributed by atoms with Gasteiger partial charge in [-0.3, -0.25) is 10.1 Å². The largest absolute Gasteiger partial charge is 0.497 e. The van der Waals surface area contributed by atoms with Crippen LogP contribution in [0.3, 0.4) is 0 Å². The Morgan fingerprint density at radius 2 is 2.05 bits per heavy atom. The monoisotopic (exact) mass is 294 g/mol. The lowest BCUT2D eigenvalue weighted by Crippen LogP contribution is -2.42. The van der Waals surface area contributed by atoms with Crippen LogP contribution in [0, 0.1) is 15.5 Å². The van der Waals surface area contributed by atoms with Crippen LogP contribution in [0.5, 0.6) is 5.75 Å². The third-order valence-electron chi connectivity index (χ3n) is 3.59. The Hall–Kier alpha value is -1.62. The summed E-state index contributed by atoms with van der Waals surface area (Å²) in [6, 6.07) is 5.09. The molecule has 5 nitrogen and oxygen atoms in total. The molecule has 1 atom stereocenters. The van der Waals surface area contributed by atoms with Gasteiger partial charge in [0.25, 0.3) is 5.69 Å². The van der Waals surface area contributed by atoms with E-state index >= 15 is 0 Å². The van der Waals surface area contributed by atoms with E-state index in [4.69, 9.17) is 4.74 Å². The Balaban J connectivity index is 3.08. The third-order valence-corrected chi connectivity index (χ3v) is 3.59. The van der Waals surface area contributed by atoms with Crippen molar-refractivity contribution in [2.24, 2.45) is 5.41 Å². The highest BCUT2D eigenvalue weighted by Crippen LogP contribution is 2.29. The molecule has 0 aromatic heterocycles. The molecule has 1 N–H and O–H groups in total. The molecule has 0 aliphatic heterocycles. The van der Waals surface area contributed by atoms with Gasteiger partial charge in [-0.05, 0) is 36.9 Å². The molecule has 0 saturated heterocycles. The Morgan fingerprint density at radius 1 is 1.38 bits per heavy atom. The van der Waals surface area contributed by atoms with Gasteiger partial charge in [-0.2, -0.15) is 0 Å². The molecular formula is C16H26N2O3. The van der Waals surface area contributed by atoms with Gasteiger partial charge in [0.15, 0.2) is 0 Å². The van der Waals surface area contributed by atoms with E-state index in [-0.39, 0.29) is 22.1 Å². The van der Waals surface area contributed by atoms with Gasteiger partial charge in [-0.25, -0.2) is 0 Å². The minimum atomic E-state index is -0.325. The summed E-state index contributed by atoms with van der Waals surface area (Å²) < 4.78 is 5.19. The van der Waals surface area contributed by atoms with Gasteiger partial charge in [-0.1, -0.05) is 27.7 Å². The summed E-state index contributed by atoms with van der Waals surface area (Å²) in [6.45, 7) is 9.45. The smallest absolute Gasteiger partial charge is 0.272 e. The SMILES string of the molecule is CCCNC(Cc1cc(OC)ccc1[N+](=O)[O-])C(C)(C)C. The molecule has 0 radical (unpaired) electrons. The van der Waals surface area contributed by atoms with Crippen molar-refractivity contribution in [1.29, 1.82) is 0 Å². The first-order valence-electron chi connectivity index (χ1n) is 7.34.